The first kappa shape index (κ1) is 14.0. The molecule has 20 heavy (non-hydrogen) atoms. The van der Waals surface area contributed by atoms with E-state index in [1.807, 2.05) is 0 Å². The predicted octanol–water partition coefficient (Wildman–Crippen LogP) is 1.72. The zero-order valence-electron chi connectivity index (χ0n) is 10.3. The van der Waals surface area contributed by atoms with Crippen LogP contribution in [0.2, 0.25) is 5.02 Å². The Morgan fingerprint density at radius 3 is 2.80 bits per heavy atom. The SMILES string of the molecule is O=C(O)CCC(=O)Nc1cc(Cl)ccc1-n1cncn1. The summed E-state index contributed by atoms with van der Waals surface area (Å²) in [5, 5.41) is 15.6. The van der Waals surface area contributed by atoms with E-state index in [2.05, 4.69) is 15.4 Å². The van der Waals surface area contributed by atoms with Crippen LogP contribution in [0.1, 0.15) is 12.8 Å². The van der Waals surface area contributed by atoms with E-state index in [0.717, 1.165) is 0 Å². The molecular formula is C12H11ClN4O3. The van der Waals surface area contributed by atoms with E-state index in [-0.39, 0.29) is 12.8 Å². The van der Waals surface area contributed by atoms with E-state index in [9.17, 15) is 9.59 Å². The molecule has 104 valence electrons. The van der Waals surface area contributed by atoms with Crippen molar-refractivity contribution < 1.29 is 14.7 Å². The van der Waals surface area contributed by atoms with E-state index in [1.165, 1.54) is 17.3 Å². The third-order valence-corrected chi connectivity index (χ3v) is 2.70. The fraction of sp³-hybridized carbons (Fsp3) is 0.167. The maximum atomic E-state index is 11.7. The van der Waals surface area contributed by atoms with Crippen LogP contribution in [0.25, 0.3) is 5.69 Å². The minimum atomic E-state index is -1.03. The third-order valence-electron chi connectivity index (χ3n) is 2.46. The van der Waals surface area contributed by atoms with Crippen molar-refractivity contribution in [2.75, 3.05) is 5.32 Å². The Morgan fingerprint density at radius 2 is 2.15 bits per heavy atom. The number of halogens is 1. The molecule has 7 nitrogen and oxygen atoms in total. The van der Waals surface area contributed by atoms with E-state index < -0.39 is 11.9 Å². The van der Waals surface area contributed by atoms with Crippen LogP contribution in [0.15, 0.2) is 30.9 Å². The van der Waals surface area contributed by atoms with Crippen LogP contribution in [-0.2, 0) is 9.59 Å². The molecule has 0 saturated heterocycles. The predicted molar refractivity (Wildman–Crippen MR) is 71.9 cm³/mol. The third kappa shape index (κ3) is 3.55. The summed E-state index contributed by atoms with van der Waals surface area (Å²) in [4.78, 5) is 26.0. The van der Waals surface area contributed by atoms with Crippen molar-refractivity contribution in [2.24, 2.45) is 0 Å². The Hall–Kier alpha value is -2.41. The highest BCUT2D eigenvalue weighted by Gasteiger charge is 2.11. The zero-order valence-corrected chi connectivity index (χ0v) is 11.0. The van der Waals surface area contributed by atoms with Crippen LogP contribution in [-0.4, -0.2) is 31.7 Å². The standard InChI is InChI=1S/C12H11ClN4O3/c13-8-1-2-10(17-7-14-6-15-17)9(5-8)16-11(18)3-4-12(19)20/h1-2,5-7H,3-4H2,(H,16,18)(H,19,20). The summed E-state index contributed by atoms with van der Waals surface area (Å²) in [6, 6.07) is 4.91. The number of rotatable bonds is 5. The molecule has 2 aromatic rings. The fourth-order valence-corrected chi connectivity index (χ4v) is 1.75. The lowest BCUT2D eigenvalue weighted by Crippen LogP contribution is -2.15. The second-order valence-electron chi connectivity index (χ2n) is 3.94. The molecule has 1 aromatic carbocycles. The van der Waals surface area contributed by atoms with Crippen LogP contribution in [0.3, 0.4) is 0 Å². The summed E-state index contributed by atoms with van der Waals surface area (Å²) in [5.41, 5.74) is 1.04. The molecule has 0 aliphatic carbocycles. The second-order valence-corrected chi connectivity index (χ2v) is 4.38. The first-order valence-electron chi connectivity index (χ1n) is 5.72. The van der Waals surface area contributed by atoms with Crippen LogP contribution in [0, 0.1) is 0 Å². The van der Waals surface area contributed by atoms with Crippen molar-refractivity contribution >= 4 is 29.2 Å². The van der Waals surface area contributed by atoms with Gasteiger partial charge in [-0.25, -0.2) is 9.67 Å². The zero-order chi connectivity index (χ0) is 14.5. The van der Waals surface area contributed by atoms with Gasteiger partial charge >= 0.3 is 5.97 Å². The Balaban J connectivity index is 2.20. The van der Waals surface area contributed by atoms with Gasteiger partial charge in [-0.2, -0.15) is 5.10 Å². The normalized spacial score (nSPS) is 10.2. The van der Waals surface area contributed by atoms with E-state index in [4.69, 9.17) is 16.7 Å². The molecule has 0 aliphatic heterocycles. The van der Waals surface area contributed by atoms with Crippen molar-refractivity contribution in [2.45, 2.75) is 12.8 Å². The van der Waals surface area contributed by atoms with Gasteiger partial charge in [-0.15, -0.1) is 0 Å². The quantitative estimate of drug-likeness (QED) is 0.875. The van der Waals surface area contributed by atoms with Gasteiger partial charge in [0.05, 0.1) is 17.8 Å². The molecule has 2 N–H and O–H groups in total. The minimum absolute atomic E-state index is 0.112. The number of carboxylic acids is 1. The summed E-state index contributed by atoms with van der Waals surface area (Å²) >= 11 is 5.90. The first-order valence-corrected chi connectivity index (χ1v) is 6.10. The summed E-state index contributed by atoms with van der Waals surface area (Å²) in [6.45, 7) is 0. The number of carbonyl (C=O) groups is 2. The molecule has 0 aliphatic rings. The molecule has 0 bridgehead atoms. The van der Waals surface area contributed by atoms with Gasteiger partial charge in [-0.1, -0.05) is 11.6 Å². The molecule has 0 radical (unpaired) electrons. The van der Waals surface area contributed by atoms with Crippen molar-refractivity contribution in [1.82, 2.24) is 14.8 Å². The molecular weight excluding hydrogens is 284 g/mol. The van der Waals surface area contributed by atoms with E-state index in [0.29, 0.717) is 16.4 Å². The van der Waals surface area contributed by atoms with Gasteiger partial charge in [-0.3, -0.25) is 9.59 Å². The molecule has 2 rings (SSSR count). The van der Waals surface area contributed by atoms with Gasteiger partial charge in [-0.05, 0) is 18.2 Å². The van der Waals surface area contributed by atoms with Gasteiger partial charge in [0.15, 0.2) is 0 Å². The monoisotopic (exact) mass is 294 g/mol. The lowest BCUT2D eigenvalue weighted by atomic mass is 10.2. The summed E-state index contributed by atoms with van der Waals surface area (Å²) in [7, 11) is 0. The number of carboxylic acid groups (broad SMARTS) is 1. The average molecular weight is 295 g/mol. The summed E-state index contributed by atoms with van der Waals surface area (Å²) in [5.74, 6) is -1.43. The maximum absolute atomic E-state index is 11.7. The van der Waals surface area contributed by atoms with Crippen molar-refractivity contribution in [1.29, 1.82) is 0 Å². The number of amides is 1. The van der Waals surface area contributed by atoms with E-state index in [1.54, 1.807) is 18.2 Å². The number of carbonyl (C=O) groups excluding carboxylic acids is 1. The topological polar surface area (TPSA) is 97.1 Å². The summed E-state index contributed by atoms with van der Waals surface area (Å²) in [6.07, 6.45) is 2.50. The molecule has 0 saturated carbocycles. The summed E-state index contributed by atoms with van der Waals surface area (Å²) < 4.78 is 1.48. The Kier molecular flexibility index (Phi) is 4.31. The fourth-order valence-electron chi connectivity index (χ4n) is 1.57. The molecule has 8 heteroatoms. The molecule has 0 atom stereocenters. The average Bonchev–Trinajstić information content (AvgIpc) is 2.90. The molecule has 0 unspecified atom stereocenters. The number of benzene rings is 1. The molecule has 1 amide bonds. The van der Waals surface area contributed by atoms with Crippen molar-refractivity contribution in [3.05, 3.63) is 35.9 Å². The van der Waals surface area contributed by atoms with Gasteiger partial charge in [0.25, 0.3) is 0 Å². The van der Waals surface area contributed by atoms with E-state index >= 15 is 0 Å². The molecule has 0 spiro atoms. The number of aromatic nitrogens is 3. The largest absolute Gasteiger partial charge is 0.481 e. The Morgan fingerprint density at radius 1 is 1.35 bits per heavy atom. The highest BCUT2D eigenvalue weighted by Crippen LogP contribution is 2.24. The number of nitrogens with one attached hydrogen (secondary N) is 1. The highest BCUT2D eigenvalue weighted by molar-refractivity contribution is 6.31. The molecule has 0 fully saturated rings. The number of aliphatic carboxylic acids is 1. The van der Waals surface area contributed by atoms with Gasteiger partial charge in [0.1, 0.15) is 12.7 Å². The number of hydrogen-bond donors (Lipinski definition) is 2. The second kappa shape index (κ2) is 6.16. The molecule has 1 heterocycles. The number of hydrogen-bond acceptors (Lipinski definition) is 4. The number of anilines is 1. The maximum Gasteiger partial charge on any atom is 0.303 e. The number of nitrogens with zero attached hydrogens (tertiary/aromatic N) is 3. The van der Waals surface area contributed by atoms with Crippen molar-refractivity contribution in [3.63, 3.8) is 0 Å². The molecule has 1 aromatic heterocycles. The Bertz CT molecular complexity index is 628. The Labute approximate surface area is 119 Å². The van der Waals surface area contributed by atoms with Crippen LogP contribution < -0.4 is 5.32 Å². The minimum Gasteiger partial charge on any atom is -0.481 e. The van der Waals surface area contributed by atoms with Crippen LogP contribution >= 0.6 is 11.6 Å². The van der Waals surface area contributed by atoms with Crippen LogP contribution in [0.4, 0.5) is 5.69 Å². The first-order chi connectivity index (χ1) is 9.56. The lowest BCUT2D eigenvalue weighted by molar-refractivity contribution is -0.138. The van der Waals surface area contributed by atoms with Gasteiger partial charge in [0, 0.05) is 11.4 Å². The lowest BCUT2D eigenvalue weighted by Gasteiger charge is -2.11. The van der Waals surface area contributed by atoms with Crippen LogP contribution in [0.5, 0.6) is 0 Å². The van der Waals surface area contributed by atoms with Gasteiger partial charge < -0.3 is 10.4 Å². The van der Waals surface area contributed by atoms with Gasteiger partial charge in [0.2, 0.25) is 5.91 Å². The van der Waals surface area contributed by atoms with Crippen molar-refractivity contribution in [3.8, 4) is 5.69 Å². The smallest absolute Gasteiger partial charge is 0.303 e. The highest BCUT2D eigenvalue weighted by atomic mass is 35.5.